The summed E-state index contributed by atoms with van der Waals surface area (Å²) in [6, 6.07) is 14.6. The Morgan fingerprint density at radius 2 is 1.31 bits per heavy atom. The van der Waals surface area contributed by atoms with Crippen molar-refractivity contribution >= 4 is 11.9 Å². The molecule has 0 saturated heterocycles. The second kappa shape index (κ2) is 10.3. The molecule has 140 valence electrons. The quantitative estimate of drug-likeness (QED) is 0.374. The molecule has 0 aromatic heterocycles. The molecule has 3 atom stereocenters. The largest absolute Gasteiger partial charge is 0.480 e. The molecular formula is C18H22N2O6. The van der Waals surface area contributed by atoms with E-state index >= 15 is 0 Å². The molecule has 2 aliphatic rings. The fourth-order valence-electron chi connectivity index (χ4n) is 1.73. The number of carbonyl (C=O) groups is 2. The Hall–Kier alpha value is -2.78. The summed E-state index contributed by atoms with van der Waals surface area (Å²) >= 11 is 0. The first-order chi connectivity index (χ1) is 12.3. The van der Waals surface area contributed by atoms with Gasteiger partial charge >= 0.3 is 11.9 Å². The fourth-order valence-corrected chi connectivity index (χ4v) is 1.73. The summed E-state index contributed by atoms with van der Waals surface area (Å²) in [5, 5.41) is 33.9. The maximum Gasteiger partial charge on any atom is 0.323 e. The molecule has 0 spiro atoms. The lowest BCUT2D eigenvalue weighted by molar-refractivity contribution is -0.141. The molecule has 8 N–H and O–H groups in total. The van der Waals surface area contributed by atoms with Gasteiger partial charge in [-0.2, -0.15) is 0 Å². The van der Waals surface area contributed by atoms with Crippen LogP contribution in [0.1, 0.15) is 11.7 Å². The van der Waals surface area contributed by atoms with Crippen LogP contribution in [0.4, 0.5) is 0 Å². The molecule has 1 aromatic rings. The molecule has 0 saturated carbocycles. The third-order valence-electron chi connectivity index (χ3n) is 3.50. The van der Waals surface area contributed by atoms with Crippen LogP contribution in [0.5, 0.6) is 0 Å². The van der Waals surface area contributed by atoms with E-state index in [9.17, 15) is 14.7 Å². The van der Waals surface area contributed by atoms with Crippen LogP contribution in [0.2, 0.25) is 0 Å². The Morgan fingerprint density at radius 3 is 1.54 bits per heavy atom. The van der Waals surface area contributed by atoms with Gasteiger partial charge in [0.15, 0.2) is 0 Å². The first-order valence-electron chi connectivity index (χ1n) is 7.69. The van der Waals surface area contributed by atoms with E-state index in [0.717, 1.165) is 0 Å². The predicted molar refractivity (Wildman–Crippen MR) is 95.1 cm³/mol. The molecule has 0 radical (unpaired) electrons. The highest BCUT2D eigenvalue weighted by Crippen LogP contribution is 2.29. The normalized spacial score (nSPS) is 13.7. The Bertz CT molecular complexity index is 684. The number of carboxylic acids is 2. The van der Waals surface area contributed by atoms with E-state index in [-0.39, 0.29) is 0 Å². The lowest BCUT2D eigenvalue weighted by Crippen LogP contribution is -2.36. The average Bonchev–Trinajstić information content (AvgIpc) is 2.64. The molecule has 3 unspecified atom stereocenters. The third-order valence-corrected chi connectivity index (χ3v) is 3.50. The summed E-state index contributed by atoms with van der Waals surface area (Å²) in [7, 11) is 0. The van der Waals surface area contributed by atoms with Gasteiger partial charge in [0.05, 0.1) is 6.61 Å². The number of fused-ring (bicyclic) bond motifs is 1. The van der Waals surface area contributed by atoms with E-state index in [0.29, 0.717) is 5.56 Å². The molecular weight excluding hydrogens is 340 g/mol. The van der Waals surface area contributed by atoms with Gasteiger partial charge in [-0.05, 0) is 16.7 Å². The van der Waals surface area contributed by atoms with E-state index in [1.54, 1.807) is 30.3 Å². The van der Waals surface area contributed by atoms with E-state index < -0.39 is 36.7 Å². The van der Waals surface area contributed by atoms with Gasteiger partial charge in [0.25, 0.3) is 0 Å². The zero-order valence-corrected chi connectivity index (χ0v) is 13.9. The van der Waals surface area contributed by atoms with Gasteiger partial charge in [-0.3, -0.25) is 9.59 Å². The van der Waals surface area contributed by atoms with Crippen LogP contribution in [0.3, 0.4) is 0 Å². The van der Waals surface area contributed by atoms with Gasteiger partial charge < -0.3 is 31.9 Å². The third kappa shape index (κ3) is 6.26. The SMILES string of the molecule is NC(C(=O)O)C(O)c1ccccc1.NC(CO)C(=O)O.c1cc2ccc1-2. The summed E-state index contributed by atoms with van der Waals surface area (Å²) in [4.78, 5) is 20.1. The molecule has 0 fully saturated rings. The molecule has 3 rings (SSSR count). The first kappa shape index (κ1) is 21.3. The zero-order chi connectivity index (χ0) is 19.7. The van der Waals surface area contributed by atoms with Crippen molar-refractivity contribution in [3.63, 3.8) is 0 Å². The van der Waals surface area contributed by atoms with Crippen LogP contribution in [0.25, 0.3) is 11.1 Å². The van der Waals surface area contributed by atoms with Gasteiger partial charge in [-0.25, -0.2) is 0 Å². The number of aliphatic hydroxyl groups is 2. The molecule has 8 nitrogen and oxygen atoms in total. The van der Waals surface area contributed by atoms with Crippen LogP contribution in [-0.4, -0.2) is 51.1 Å². The summed E-state index contributed by atoms with van der Waals surface area (Å²) in [5.74, 6) is -2.39. The minimum atomic E-state index is -1.28. The van der Waals surface area contributed by atoms with Crippen LogP contribution < -0.4 is 11.5 Å². The van der Waals surface area contributed by atoms with Gasteiger partial charge in [-0.1, -0.05) is 54.6 Å². The van der Waals surface area contributed by atoms with Crippen molar-refractivity contribution in [1.29, 1.82) is 0 Å². The highest BCUT2D eigenvalue weighted by Gasteiger charge is 2.22. The lowest BCUT2D eigenvalue weighted by atomic mass is 9.95. The number of hydrogen-bond acceptors (Lipinski definition) is 6. The van der Waals surface area contributed by atoms with Crippen molar-refractivity contribution in [2.75, 3.05) is 6.61 Å². The van der Waals surface area contributed by atoms with E-state index in [1.165, 1.54) is 11.1 Å². The van der Waals surface area contributed by atoms with Crippen molar-refractivity contribution in [2.45, 2.75) is 18.2 Å². The van der Waals surface area contributed by atoms with Gasteiger partial charge in [0, 0.05) is 0 Å². The number of nitrogens with two attached hydrogens (primary N) is 2. The zero-order valence-electron chi connectivity index (χ0n) is 13.9. The van der Waals surface area contributed by atoms with Gasteiger partial charge in [-0.15, -0.1) is 0 Å². The number of aliphatic hydroxyl groups excluding tert-OH is 2. The van der Waals surface area contributed by atoms with Gasteiger partial charge in [0.1, 0.15) is 18.2 Å². The summed E-state index contributed by atoms with van der Waals surface area (Å²) in [5.41, 5.74) is 13.4. The molecule has 0 heterocycles. The molecule has 0 bridgehead atoms. The lowest BCUT2D eigenvalue weighted by Gasteiger charge is -2.14. The number of carboxylic acid groups (broad SMARTS) is 2. The molecule has 0 aliphatic heterocycles. The second-order valence-corrected chi connectivity index (χ2v) is 5.42. The van der Waals surface area contributed by atoms with E-state index in [4.69, 9.17) is 26.8 Å². The van der Waals surface area contributed by atoms with Crippen LogP contribution in [0.15, 0.2) is 54.6 Å². The second-order valence-electron chi connectivity index (χ2n) is 5.42. The van der Waals surface area contributed by atoms with Crippen LogP contribution >= 0.6 is 0 Å². The topological polar surface area (TPSA) is 167 Å². The monoisotopic (exact) mass is 362 g/mol. The van der Waals surface area contributed by atoms with Crippen molar-refractivity contribution in [3.05, 3.63) is 60.2 Å². The van der Waals surface area contributed by atoms with E-state index in [1.807, 2.05) is 0 Å². The summed E-state index contributed by atoms with van der Waals surface area (Å²) < 4.78 is 0. The smallest absolute Gasteiger partial charge is 0.323 e. The fraction of sp³-hybridized carbons (Fsp3) is 0.222. The first-order valence-corrected chi connectivity index (χ1v) is 7.69. The molecule has 1 aromatic carbocycles. The Kier molecular flexibility index (Phi) is 8.40. The van der Waals surface area contributed by atoms with Crippen molar-refractivity contribution in [2.24, 2.45) is 11.5 Å². The summed E-state index contributed by atoms with van der Waals surface area (Å²) in [6.07, 6.45) is -1.15. The van der Waals surface area contributed by atoms with E-state index in [2.05, 4.69) is 24.3 Å². The Morgan fingerprint density at radius 1 is 0.846 bits per heavy atom. The Labute approximate surface area is 150 Å². The average molecular weight is 362 g/mol. The van der Waals surface area contributed by atoms with Crippen molar-refractivity contribution in [3.8, 4) is 11.1 Å². The maximum absolute atomic E-state index is 10.4. The minimum Gasteiger partial charge on any atom is -0.480 e. The summed E-state index contributed by atoms with van der Waals surface area (Å²) in [6.45, 7) is -0.505. The van der Waals surface area contributed by atoms with Crippen LogP contribution in [-0.2, 0) is 9.59 Å². The van der Waals surface area contributed by atoms with Crippen molar-refractivity contribution in [1.82, 2.24) is 0 Å². The number of hydrogen-bond donors (Lipinski definition) is 6. The van der Waals surface area contributed by atoms with Gasteiger partial charge in [0.2, 0.25) is 0 Å². The number of rotatable bonds is 5. The standard InChI is InChI=1S/C9H11NO3.C6H4.C3H7NO3/c10-7(9(12)13)8(11)6-4-2-1-3-5-6;1-2-6-4-3-5(1)6;4-2(1-5)3(6)7/h1-5,7-8,11H,10H2,(H,12,13);1-4H;2,5H,1,4H2,(H,6,7). The van der Waals surface area contributed by atoms with Crippen LogP contribution in [0, 0.1) is 0 Å². The van der Waals surface area contributed by atoms with Crippen molar-refractivity contribution < 1.29 is 30.0 Å². The number of aliphatic carboxylic acids is 2. The maximum atomic E-state index is 10.4. The predicted octanol–water partition coefficient (Wildman–Crippen LogP) is 0.190. The molecule has 8 heteroatoms. The highest BCUT2D eigenvalue weighted by molar-refractivity contribution is 5.75. The Balaban J connectivity index is 0.000000217. The molecule has 26 heavy (non-hydrogen) atoms. The minimum absolute atomic E-state index is 0.505. The number of benzene rings is 2. The highest BCUT2D eigenvalue weighted by atomic mass is 16.4. The molecule has 2 aliphatic carbocycles. The molecule has 0 amide bonds.